The van der Waals surface area contributed by atoms with Crippen molar-refractivity contribution >= 4 is 0 Å². The number of alkyl halides is 3. The van der Waals surface area contributed by atoms with Gasteiger partial charge in [0.2, 0.25) is 5.88 Å². The molecule has 1 aromatic heterocycles. The average molecular weight is 300 g/mol. The van der Waals surface area contributed by atoms with E-state index in [1.165, 1.54) is 25.3 Å². The molecule has 0 unspecified atom stereocenters. The number of aryl methyl sites for hydroxylation is 1. The molecule has 1 aromatic carbocycles. The summed E-state index contributed by atoms with van der Waals surface area (Å²) in [5.74, 6) is 0.207. The zero-order valence-electron chi connectivity index (χ0n) is 11.6. The highest BCUT2D eigenvalue weighted by molar-refractivity contribution is 5.47. The van der Waals surface area contributed by atoms with E-state index in [0.29, 0.717) is 11.3 Å². The zero-order valence-corrected chi connectivity index (χ0v) is 11.6. The molecule has 0 bridgehead atoms. The fraction of sp³-hybridized carbons (Fsp3) is 0.357. The van der Waals surface area contributed by atoms with Crippen LogP contribution in [0.5, 0.6) is 5.88 Å². The number of rotatable bonds is 4. The third-order valence-electron chi connectivity index (χ3n) is 3.13. The normalized spacial score (nSPS) is 11.7. The van der Waals surface area contributed by atoms with E-state index in [1.54, 1.807) is 6.92 Å². The number of aromatic nitrogens is 2. The highest BCUT2D eigenvalue weighted by Crippen LogP contribution is 2.36. The number of ether oxygens (including phenoxy) is 1. The van der Waals surface area contributed by atoms with Crippen molar-refractivity contribution in [3.8, 4) is 11.6 Å². The van der Waals surface area contributed by atoms with Gasteiger partial charge in [-0.05, 0) is 19.1 Å². The van der Waals surface area contributed by atoms with E-state index in [1.807, 2.05) is 0 Å². The molecule has 0 aliphatic carbocycles. The first kappa shape index (κ1) is 15.4. The fourth-order valence-corrected chi connectivity index (χ4v) is 2.21. The SMILES string of the molecule is COc1c(CCO)c(C)nn1-c1ccccc1C(F)(F)F. The summed E-state index contributed by atoms with van der Waals surface area (Å²) in [4.78, 5) is 0. The number of halogens is 3. The molecule has 0 aliphatic heterocycles. The lowest BCUT2D eigenvalue weighted by Gasteiger charge is -2.14. The number of aliphatic hydroxyl groups excluding tert-OH is 1. The Kier molecular flexibility index (Phi) is 4.22. The first-order valence-electron chi connectivity index (χ1n) is 6.30. The van der Waals surface area contributed by atoms with Crippen molar-refractivity contribution in [3.63, 3.8) is 0 Å². The highest BCUT2D eigenvalue weighted by Gasteiger charge is 2.35. The van der Waals surface area contributed by atoms with Crippen molar-refractivity contribution in [2.24, 2.45) is 0 Å². The number of aliphatic hydroxyl groups is 1. The number of hydrogen-bond acceptors (Lipinski definition) is 3. The van der Waals surface area contributed by atoms with Crippen LogP contribution in [0.3, 0.4) is 0 Å². The van der Waals surface area contributed by atoms with E-state index >= 15 is 0 Å². The Labute approximate surface area is 119 Å². The van der Waals surface area contributed by atoms with Gasteiger partial charge in [0.1, 0.15) is 0 Å². The van der Waals surface area contributed by atoms with Crippen LogP contribution in [0.25, 0.3) is 5.69 Å². The fourth-order valence-electron chi connectivity index (χ4n) is 2.21. The summed E-state index contributed by atoms with van der Waals surface area (Å²) in [6.45, 7) is 1.53. The van der Waals surface area contributed by atoms with E-state index in [2.05, 4.69) is 5.10 Å². The van der Waals surface area contributed by atoms with Gasteiger partial charge in [-0.2, -0.15) is 23.0 Å². The van der Waals surface area contributed by atoms with Gasteiger partial charge in [0.15, 0.2) is 0 Å². The van der Waals surface area contributed by atoms with Crippen LogP contribution in [0.4, 0.5) is 13.2 Å². The Morgan fingerprint density at radius 2 is 1.95 bits per heavy atom. The molecule has 2 rings (SSSR count). The molecule has 114 valence electrons. The van der Waals surface area contributed by atoms with Crippen molar-refractivity contribution in [2.75, 3.05) is 13.7 Å². The van der Waals surface area contributed by atoms with Crippen LogP contribution in [0.2, 0.25) is 0 Å². The molecule has 7 heteroatoms. The minimum atomic E-state index is -4.49. The molecule has 0 amide bonds. The standard InChI is InChI=1S/C14H15F3N2O2/c1-9-10(7-8-20)13(21-2)19(18-9)12-6-4-3-5-11(12)14(15,16)17/h3-6,20H,7-8H2,1-2H3. The van der Waals surface area contributed by atoms with Crippen LogP contribution in [0.15, 0.2) is 24.3 Å². The molecule has 0 fully saturated rings. The van der Waals surface area contributed by atoms with Crippen LogP contribution < -0.4 is 4.74 Å². The third kappa shape index (κ3) is 2.87. The van der Waals surface area contributed by atoms with E-state index in [9.17, 15) is 13.2 Å². The lowest BCUT2D eigenvalue weighted by Crippen LogP contribution is -2.12. The minimum absolute atomic E-state index is 0.103. The molecule has 1 heterocycles. The van der Waals surface area contributed by atoms with Crippen LogP contribution in [-0.2, 0) is 12.6 Å². The molecule has 2 aromatic rings. The largest absolute Gasteiger partial charge is 0.481 e. The smallest absolute Gasteiger partial charge is 0.418 e. The van der Waals surface area contributed by atoms with Crippen molar-refractivity contribution in [1.29, 1.82) is 0 Å². The number of benzene rings is 1. The van der Waals surface area contributed by atoms with Gasteiger partial charge in [-0.25, -0.2) is 0 Å². The topological polar surface area (TPSA) is 47.3 Å². The Balaban J connectivity index is 2.66. The van der Waals surface area contributed by atoms with Gasteiger partial charge in [-0.3, -0.25) is 0 Å². The molecule has 0 spiro atoms. The molecular weight excluding hydrogens is 285 g/mol. The maximum Gasteiger partial charge on any atom is 0.418 e. The zero-order chi connectivity index (χ0) is 15.6. The molecular formula is C14H15F3N2O2. The Morgan fingerprint density at radius 1 is 1.29 bits per heavy atom. The third-order valence-corrected chi connectivity index (χ3v) is 3.13. The second kappa shape index (κ2) is 5.77. The van der Waals surface area contributed by atoms with Gasteiger partial charge in [0.05, 0.1) is 24.1 Å². The second-order valence-corrected chi connectivity index (χ2v) is 4.47. The molecule has 0 radical (unpaired) electrons. The molecule has 0 saturated heterocycles. The predicted molar refractivity (Wildman–Crippen MR) is 70.6 cm³/mol. The molecule has 0 aliphatic rings. The van der Waals surface area contributed by atoms with E-state index < -0.39 is 11.7 Å². The Hall–Kier alpha value is -2.02. The maximum atomic E-state index is 13.1. The van der Waals surface area contributed by atoms with Gasteiger partial charge in [0, 0.05) is 18.6 Å². The molecule has 0 saturated carbocycles. The number of methoxy groups -OCH3 is 1. The number of hydrogen-bond donors (Lipinski definition) is 1. The maximum absolute atomic E-state index is 13.1. The molecule has 0 atom stereocenters. The van der Waals surface area contributed by atoms with Crippen molar-refractivity contribution < 1.29 is 23.0 Å². The van der Waals surface area contributed by atoms with Crippen molar-refractivity contribution in [2.45, 2.75) is 19.5 Å². The predicted octanol–water partition coefficient (Wildman–Crippen LogP) is 2.74. The van der Waals surface area contributed by atoms with Crippen molar-refractivity contribution in [3.05, 3.63) is 41.1 Å². The van der Waals surface area contributed by atoms with Crippen LogP contribution >= 0.6 is 0 Å². The average Bonchev–Trinajstić information content (AvgIpc) is 2.75. The molecule has 4 nitrogen and oxygen atoms in total. The molecule has 1 N–H and O–H groups in total. The second-order valence-electron chi connectivity index (χ2n) is 4.47. The van der Waals surface area contributed by atoms with Crippen LogP contribution in [-0.4, -0.2) is 28.6 Å². The quantitative estimate of drug-likeness (QED) is 0.944. The summed E-state index contributed by atoms with van der Waals surface area (Å²) < 4.78 is 45.6. The lowest BCUT2D eigenvalue weighted by atomic mass is 10.1. The minimum Gasteiger partial charge on any atom is -0.481 e. The summed E-state index contributed by atoms with van der Waals surface area (Å²) >= 11 is 0. The van der Waals surface area contributed by atoms with Gasteiger partial charge >= 0.3 is 6.18 Å². The van der Waals surface area contributed by atoms with E-state index in [-0.39, 0.29) is 24.6 Å². The summed E-state index contributed by atoms with van der Waals surface area (Å²) in [5.41, 5.74) is 0.227. The van der Waals surface area contributed by atoms with E-state index in [4.69, 9.17) is 9.84 Å². The summed E-state index contributed by atoms with van der Waals surface area (Å²) in [5, 5.41) is 13.2. The summed E-state index contributed by atoms with van der Waals surface area (Å²) in [6, 6.07) is 5.16. The monoisotopic (exact) mass is 300 g/mol. The first-order chi connectivity index (χ1) is 9.90. The Morgan fingerprint density at radius 3 is 2.52 bits per heavy atom. The van der Waals surface area contributed by atoms with Gasteiger partial charge in [-0.1, -0.05) is 12.1 Å². The number of para-hydroxylation sites is 1. The highest BCUT2D eigenvalue weighted by atomic mass is 19.4. The van der Waals surface area contributed by atoms with Crippen LogP contribution in [0, 0.1) is 6.92 Å². The van der Waals surface area contributed by atoms with Gasteiger partial charge < -0.3 is 9.84 Å². The van der Waals surface area contributed by atoms with Gasteiger partial charge in [-0.15, -0.1) is 0 Å². The van der Waals surface area contributed by atoms with E-state index in [0.717, 1.165) is 10.7 Å². The van der Waals surface area contributed by atoms with Crippen LogP contribution in [0.1, 0.15) is 16.8 Å². The van der Waals surface area contributed by atoms with Gasteiger partial charge in [0.25, 0.3) is 0 Å². The first-order valence-corrected chi connectivity index (χ1v) is 6.30. The summed E-state index contributed by atoms with van der Waals surface area (Å²) in [6.07, 6.45) is -4.22. The number of nitrogens with zero attached hydrogens (tertiary/aromatic N) is 2. The molecule has 21 heavy (non-hydrogen) atoms. The Bertz CT molecular complexity index is 636. The lowest BCUT2D eigenvalue weighted by molar-refractivity contribution is -0.137. The van der Waals surface area contributed by atoms with Crippen molar-refractivity contribution in [1.82, 2.24) is 9.78 Å². The summed E-state index contributed by atoms with van der Waals surface area (Å²) in [7, 11) is 1.37.